The van der Waals surface area contributed by atoms with Crippen LogP contribution in [0.3, 0.4) is 0 Å². The van der Waals surface area contributed by atoms with Gasteiger partial charge in [0.25, 0.3) is 0 Å². The van der Waals surface area contributed by atoms with Crippen molar-refractivity contribution < 1.29 is 31.8 Å². The number of aromatic nitrogens is 3. The van der Waals surface area contributed by atoms with E-state index in [9.17, 15) is 13.6 Å². The van der Waals surface area contributed by atoms with Gasteiger partial charge in [-0.15, -0.1) is 0 Å². The number of fused-ring (bicyclic) bond motifs is 5. The Morgan fingerprint density at radius 1 is 1.00 bits per heavy atom. The first-order valence-electron chi connectivity index (χ1n) is 17.0. The third kappa shape index (κ3) is 5.57. The highest BCUT2D eigenvalue weighted by atomic mass is 35.5. The summed E-state index contributed by atoms with van der Waals surface area (Å²) < 4.78 is 72.9. The number of hydrogen-bond donors (Lipinski definition) is 0. The minimum atomic E-state index is -1.08. The lowest BCUT2D eigenvalue weighted by molar-refractivity contribution is 0.0122. The molecule has 4 aliphatic rings. The van der Waals surface area contributed by atoms with Gasteiger partial charge in [0.2, 0.25) is 0 Å². The van der Waals surface area contributed by atoms with Crippen LogP contribution in [0.4, 0.5) is 28.2 Å². The maximum absolute atomic E-state index is 16.2. The van der Waals surface area contributed by atoms with Crippen LogP contribution in [0.15, 0.2) is 30.3 Å². The Bertz CT molecular complexity index is 2020. The predicted octanol–water partition coefficient (Wildman–Crippen LogP) is 7.46. The van der Waals surface area contributed by atoms with Gasteiger partial charge in [-0.05, 0) is 64.5 Å². The van der Waals surface area contributed by atoms with Gasteiger partial charge in [0.05, 0.1) is 28.7 Å². The van der Waals surface area contributed by atoms with Crippen molar-refractivity contribution in [3.63, 3.8) is 0 Å². The highest BCUT2D eigenvalue weighted by Crippen LogP contribution is 2.44. The number of hydrogen-bond acceptors (Lipinski definition) is 8. The van der Waals surface area contributed by atoms with Gasteiger partial charge in [0, 0.05) is 37.0 Å². The number of benzene rings is 2. The fourth-order valence-electron chi connectivity index (χ4n) is 8.44. The minimum Gasteiger partial charge on any atom is -0.461 e. The Balaban J connectivity index is 1.28. The summed E-state index contributed by atoms with van der Waals surface area (Å²) in [4.78, 5) is 32.8. The van der Waals surface area contributed by atoms with E-state index in [4.69, 9.17) is 26.1 Å². The maximum Gasteiger partial charge on any atom is 0.410 e. The second-order valence-electron chi connectivity index (χ2n) is 14.9. The van der Waals surface area contributed by atoms with Gasteiger partial charge in [-0.2, -0.15) is 9.97 Å². The number of amides is 1. The van der Waals surface area contributed by atoms with E-state index in [2.05, 4.69) is 14.9 Å². The first-order chi connectivity index (χ1) is 23.8. The molecule has 1 amide bonds. The summed E-state index contributed by atoms with van der Waals surface area (Å²) in [5, 5.41) is -0.00641. The number of ether oxygens (including phenoxy) is 2. The molecule has 14 heteroatoms. The van der Waals surface area contributed by atoms with Gasteiger partial charge in [-0.25, -0.2) is 27.3 Å². The largest absolute Gasteiger partial charge is 0.461 e. The van der Waals surface area contributed by atoms with Crippen LogP contribution in [-0.4, -0.2) is 93.0 Å². The molecule has 0 radical (unpaired) electrons. The molecule has 4 aliphatic heterocycles. The summed E-state index contributed by atoms with van der Waals surface area (Å²) in [5.41, 5.74) is -1.14. The molecule has 9 nitrogen and oxygen atoms in total. The van der Waals surface area contributed by atoms with Crippen LogP contribution < -0.4 is 9.64 Å². The van der Waals surface area contributed by atoms with E-state index in [0.29, 0.717) is 44.3 Å². The molecule has 6 heterocycles. The Labute approximate surface area is 291 Å². The van der Waals surface area contributed by atoms with Crippen molar-refractivity contribution in [3.8, 4) is 17.3 Å². The normalized spacial score (nSPS) is 25.2. The van der Waals surface area contributed by atoms with Gasteiger partial charge in [-0.1, -0.05) is 35.9 Å². The predicted molar refractivity (Wildman–Crippen MR) is 181 cm³/mol. The molecule has 0 saturated carbocycles. The van der Waals surface area contributed by atoms with E-state index in [-0.39, 0.29) is 58.1 Å². The van der Waals surface area contributed by atoms with Gasteiger partial charge in [0.1, 0.15) is 29.7 Å². The Morgan fingerprint density at radius 2 is 1.76 bits per heavy atom. The minimum absolute atomic E-state index is 0.0486. The maximum atomic E-state index is 16.2. The first kappa shape index (κ1) is 33.2. The molecule has 2 bridgehead atoms. The Kier molecular flexibility index (Phi) is 8.01. The number of alkyl halides is 1. The summed E-state index contributed by atoms with van der Waals surface area (Å²) >= 11 is 6.41. The van der Waals surface area contributed by atoms with Crippen LogP contribution in [0.5, 0.6) is 6.01 Å². The standard InChI is InChI=1S/C36H37ClF4N6O3/c1-35(2,3)50-34(48)47-21-9-10-22(47)17-45(16-21)32-26-29(23-7-4-6-19-8-11-24(39)27(40)25(19)23)42-31(37)28(41)30(26)43-33(44-32)49-18-36-12-5-13-46(36)15-20(38)14-36/h4,6-8,11,20-22H,5,9-10,12-18H2,1-3H3/t20-,21-,22+,36+/m1/s1. The zero-order chi connectivity index (χ0) is 35.1. The molecule has 0 N–H and O–H groups in total. The van der Waals surface area contributed by atoms with Gasteiger partial charge in [-0.3, -0.25) is 9.80 Å². The summed E-state index contributed by atoms with van der Waals surface area (Å²) in [7, 11) is 0. The SMILES string of the molecule is CC(C)(C)OC(=O)N1[C@@H]2CC[C@H]1CN(c1nc(OC[C@@]34CCCN3C[C@H](F)C4)nc3c(F)c(Cl)nc(-c4cccc5ccc(F)c(F)c45)c13)C2. The highest BCUT2D eigenvalue weighted by Gasteiger charge is 2.50. The van der Waals surface area contributed by atoms with E-state index in [0.717, 1.165) is 25.5 Å². The molecule has 4 saturated heterocycles. The Hall–Kier alpha value is -3.97. The van der Waals surface area contributed by atoms with Crippen LogP contribution in [0.25, 0.3) is 32.9 Å². The van der Waals surface area contributed by atoms with Crippen LogP contribution in [0, 0.1) is 17.5 Å². The van der Waals surface area contributed by atoms with Crippen molar-refractivity contribution in [2.24, 2.45) is 0 Å². The number of carbonyl (C=O) groups is 1. The molecule has 50 heavy (non-hydrogen) atoms. The third-order valence-electron chi connectivity index (χ3n) is 10.5. The number of carbonyl (C=O) groups excluding carboxylic acids is 1. The van der Waals surface area contributed by atoms with Gasteiger partial charge in [0.15, 0.2) is 22.6 Å². The van der Waals surface area contributed by atoms with Crippen molar-refractivity contribution in [2.75, 3.05) is 37.7 Å². The van der Waals surface area contributed by atoms with Gasteiger partial charge >= 0.3 is 12.1 Å². The van der Waals surface area contributed by atoms with E-state index >= 15 is 8.78 Å². The van der Waals surface area contributed by atoms with E-state index < -0.39 is 46.0 Å². The Morgan fingerprint density at radius 3 is 2.50 bits per heavy atom. The average molecular weight is 713 g/mol. The lowest BCUT2D eigenvalue weighted by Gasteiger charge is -2.42. The van der Waals surface area contributed by atoms with Crippen molar-refractivity contribution in [2.45, 2.75) is 82.3 Å². The number of halogens is 5. The lowest BCUT2D eigenvalue weighted by Crippen LogP contribution is -2.57. The number of nitrogens with zero attached hydrogens (tertiary/aromatic N) is 6. The van der Waals surface area contributed by atoms with Crippen LogP contribution in [-0.2, 0) is 4.74 Å². The number of piperazine rings is 1. The molecule has 2 aromatic heterocycles. The van der Waals surface area contributed by atoms with Crippen molar-refractivity contribution in [1.82, 2.24) is 24.8 Å². The second-order valence-corrected chi connectivity index (χ2v) is 15.3. The molecule has 0 aliphatic carbocycles. The number of anilines is 1. The summed E-state index contributed by atoms with van der Waals surface area (Å²) in [6, 6.07) is 6.79. The van der Waals surface area contributed by atoms with Crippen molar-refractivity contribution >= 4 is 45.2 Å². The topological polar surface area (TPSA) is 83.9 Å². The van der Waals surface area contributed by atoms with Crippen molar-refractivity contribution in [1.29, 1.82) is 0 Å². The number of rotatable bonds is 5. The quantitative estimate of drug-likeness (QED) is 0.156. The first-order valence-corrected chi connectivity index (χ1v) is 17.4. The molecule has 2 aromatic carbocycles. The van der Waals surface area contributed by atoms with Crippen LogP contribution in [0.2, 0.25) is 5.15 Å². The zero-order valence-electron chi connectivity index (χ0n) is 28.0. The van der Waals surface area contributed by atoms with E-state index in [1.165, 1.54) is 6.07 Å². The summed E-state index contributed by atoms with van der Waals surface area (Å²) in [6.07, 6.45) is 2.04. The molecular weight excluding hydrogens is 676 g/mol. The van der Waals surface area contributed by atoms with E-state index in [1.807, 2.05) is 25.7 Å². The van der Waals surface area contributed by atoms with Crippen LogP contribution >= 0.6 is 11.6 Å². The molecule has 264 valence electrons. The van der Waals surface area contributed by atoms with Gasteiger partial charge < -0.3 is 14.4 Å². The van der Waals surface area contributed by atoms with E-state index in [1.54, 1.807) is 23.1 Å². The number of pyridine rings is 1. The molecule has 8 rings (SSSR count). The molecule has 0 unspecified atom stereocenters. The summed E-state index contributed by atoms with van der Waals surface area (Å²) in [5.74, 6) is -2.80. The lowest BCUT2D eigenvalue weighted by atomic mass is 9.95. The average Bonchev–Trinajstić information content (AvgIpc) is 3.69. The molecule has 4 atom stereocenters. The van der Waals surface area contributed by atoms with Crippen LogP contribution in [0.1, 0.15) is 52.9 Å². The molecular formula is C36H37ClF4N6O3. The molecule has 0 spiro atoms. The summed E-state index contributed by atoms with van der Waals surface area (Å²) in [6.45, 7) is 7.30. The fourth-order valence-corrected chi connectivity index (χ4v) is 8.61. The molecule has 4 aromatic rings. The fraction of sp³-hybridized carbons (Fsp3) is 0.500. The monoisotopic (exact) mass is 712 g/mol. The second kappa shape index (κ2) is 12.1. The highest BCUT2D eigenvalue weighted by molar-refractivity contribution is 6.30. The molecule has 4 fully saturated rings. The third-order valence-corrected chi connectivity index (χ3v) is 10.8. The smallest absolute Gasteiger partial charge is 0.410 e. The van der Waals surface area contributed by atoms with Crippen molar-refractivity contribution in [3.05, 3.63) is 52.9 Å². The zero-order valence-corrected chi connectivity index (χ0v) is 28.7.